The molecule has 1 aromatic rings. The minimum atomic E-state index is 0.518. The molecule has 0 aromatic carbocycles. The largest absolute Gasteiger partial charge is 0.381 e. The monoisotopic (exact) mass is 178 g/mol. The third-order valence-electron chi connectivity index (χ3n) is 1.90. The van der Waals surface area contributed by atoms with E-state index in [1.54, 1.807) is 6.20 Å². The highest BCUT2D eigenvalue weighted by atomic mass is 14.9. The van der Waals surface area contributed by atoms with Crippen LogP contribution in [0.1, 0.15) is 27.2 Å². The lowest BCUT2D eigenvalue weighted by atomic mass is 10.1. The maximum atomic E-state index is 4.05. The number of nitrogens with one attached hydrogen (secondary N) is 1. The summed E-state index contributed by atoms with van der Waals surface area (Å²) in [5.41, 5.74) is 1.11. The minimum absolute atomic E-state index is 0.518. The highest BCUT2D eigenvalue weighted by Crippen LogP contribution is 2.10. The highest BCUT2D eigenvalue weighted by molar-refractivity contribution is 5.40. The maximum absolute atomic E-state index is 4.05. The second-order valence-electron chi connectivity index (χ2n) is 3.92. The smallest absolute Gasteiger partial charge is 0.0528 e. The van der Waals surface area contributed by atoms with Crippen molar-refractivity contribution in [3.63, 3.8) is 0 Å². The molecule has 0 radical (unpaired) electrons. The lowest BCUT2D eigenvalue weighted by Crippen LogP contribution is -2.17. The molecule has 1 unspecified atom stereocenters. The van der Waals surface area contributed by atoms with Gasteiger partial charge in [0, 0.05) is 18.4 Å². The predicted molar refractivity (Wildman–Crippen MR) is 56.8 cm³/mol. The van der Waals surface area contributed by atoms with Crippen LogP contribution in [0.25, 0.3) is 0 Å². The molecule has 1 rings (SSSR count). The summed E-state index contributed by atoms with van der Waals surface area (Å²) in [5, 5.41) is 3.41. The first-order valence-corrected chi connectivity index (χ1v) is 4.85. The van der Waals surface area contributed by atoms with E-state index >= 15 is 0 Å². The summed E-state index contributed by atoms with van der Waals surface area (Å²) in [4.78, 5) is 4.05. The van der Waals surface area contributed by atoms with E-state index in [4.69, 9.17) is 0 Å². The molecule has 0 spiro atoms. The first kappa shape index (κ1) is 10.0. The number of aromatic nitrogens is 1. The first-order chi connectivity index (χ1) is 6.18. The Bertz CT molecular complexity index is 231. The molecule has 0 saturated carbocycles. The van der Waals surface area contributed by atoms with Crippen LogP contribution in [0.5, 0.6) is 0 Å². The molecule has 2 heteroatoms. The molecular formula is C11H18N2. The fourth-order valence-corrected chi connectivity index (χ4v) is 1.50. The molecule has 1 N–H and O–H groups in total. The van der Waals surface area contributed by atoms with E-state index in [9.17, 15) is 0 Å². The molecule has 0 aliphatic rings. The Labute approximate surface area is 80.4 Å². The number of hydrogen-bond acceptors (Lipinski definition) is 2. The standard InChI is InChI=1S/C11H18N2/c1-9(2)7-10(3)13-11-5-4-6-12-8-11/h4-6,8-10,13H,7H2,1-3H3. The molecule has 0 saturated heterocycles. The van der Waals surface area contributed by atoms with E-state index in [1.165, 1.54) is 6.42 Å². The first-order valence-electron chi connectivity index (χ1n) is 4.85. The van der Waals surface area contributed by atoms with Crippen molar-refractivity contribution < 1.29 is 0 Å². The average Bonchev–Trinajstić information content (AvgIpc) is 2.04. The molecular weight excluding hydrogens is 160 g/mol. The molecule has 0 aliphatic heterocycles. The van der Waals surface area contributed by atoms with E-state index in [0.29, 0.717) is 6.04 Å². The van der Waals surface area contributed by atoms with Gasteiger partial charge in [0.1, 0.15) is 0 Å². The minimum Gasteiger partial charge on any atom is -0.381 e. The molecule has 0 fully saturated rings. The average molecular weight is 178 g/mol. The molecule has 0 aliphatic carbocycles. The van der Waals surface area contributed by atoms with Crippen LogP contribution >= 0.6 is 0 Å². The SMILES string of the molecule is CC(C)CC(C)Nc1cccnc1. The van der Waals surface area contributed by atoms with Gasteiger partial charge < -0.3 is 5.32 Å². The molecule has 1 heterocycles. The molecule has 13 heavy (non-hydrogen) atoms. The van der Waals surface area contributed by atoms with Crippen LogP contribution in [-0.4, -0.2) is 11.0 Å². The molecule has 1 aromatic heterocycles. The summed E-state index contributed by atoms with van der Waals surface area (Å²) in [5.74, 6) is 0.735. The zero-order valence-corrected chi connectivity index (χ0v) is 8.62. The summed E-state index contributed by atoms with van der Waals surface area (Å²) < 4.78 is 0. The van der Waals surface area contributed by atoms with Crippen molar-refractivity contribution in [2.24, 2.45) is 5.92 Å². The van der Waals surface area contributed by atoms with Crippen molar-refractivity contribution in [2.75, 3.05) is 5.32 Å². The fraction of sp³-hybridized carbons (Fsp3) is 0.545. The highest BCUT2D eigenvalue weighted by Gasteiger charge is 2.03. The van der Waals surface area contributed by atoms with Gasteiger partial charge in [-0.15, -0.1) is 0 Å². The molecule has 0 amide bonds. The van der Waals surface area contributed by atoms with Gasteiger partial charge in [0.25, 0.3) is 0 Å². The van der Waals surface area contributed by atoms with Gasteiger partial charge in [-0.2, -0.15) is 0 Å². The van der Waals surface area contributed by atoms with Crippen LogP contribution in [0.4, 0.5) is 5.69 Å². The van der Waals surface area contributed by atoms with Crippen molar-refractivity contribution in [3.05, 3.63) is 24.5 Å². The van der Waals surface area contributed by atoms with Crippen LogP contribution in [0.3, 0.4) is 0 Å². The molecule has 72 valence electrons. The second kappa shape index (κ2) is 4.85. The summed E-state index contributed by atoms with van der Waals surface area (Å²) in [6.07, 6.45) is 4.84. The molecule has 1 atom stereocenters. The number of hydrogen-bond donors (Lipinski definition) is 1. The zero-order chi connectivity index (χ0) is 9.68. The Morgan fingerprint density at radius 1 is 1.38 bits per heavy atom. The van der Waals surface area contributed by atoms with E-state index in [-0.39, 0.29) is 0 Å². The quantitative estimate of drug-likeness (QED) is 0.766. The summed E-state index contributed by atoms with van der Waals surface area (Å²) >= 11 is 0. The Balaban J connectivity index is 2.41. The van der Waals surface area contributed by atoms with Gasteiger partial charge in [0.15, 0.2) is 0 Å². The van der Waals surface area contributed by atoms with Crippen molar-refractivity contribution >= 4 is 5.69 Å². The van der Waals surface area contributed by atoms with E-state index < -0.39 is 0 Å². The van der Waals surface area contributed by atoms with Crippen LogP contribution in [-0.2, 0) is 0 Å². The summed E-state index contributed by atoms with van der Waals surface area (Å²) in [6, 6.07) is 4.51. The Morgan fingerprint density at radius 2 is 2.15 bits per heavy atom. The number of nitrogens with zero attached hydrogens (tertiary/aromatic N) is 1. The Hall–Kier alpha value is -1.05. The molecule has 2 nitrogen and oxygen atoms in total. The van der Waals surface area contributed by atoms with Crippen LogP contribution in [0, 0.1) is 5.92 Å². The Morgan fingerprint density at radius 3 is 2.69 bits per heavy atom. The van der Waals surface area contributed by atoms with Crippen molar-refractivity contribution in [3.8, 4) is 0 Å². The lowest BCUT2D eigenvalue weighted by Gasteiger charge is -2.16. The van der Waals surface area contributed by atoms with Crippen LogP contribution < -0.4 is 5.32 Å². The van der Waals surface area contributed by atoms with Gasteiger partial charge in [0.05, 0.1) is 5.69 Å². The van der Waals surface area contributed by atoms with Gasteiger partial charge in [0.2, 0.25) is 0 Å². The third-order valence-corrected chi connectivity index (χ3v) is 1.90. The second-order valence-corrected chi connectivity index (χ2v) is 3.92. The van der Waals surface area contributed by atoms with Gasteiger partial charge in [-0.05, 0) is 31.4 Å². The Kier molecular flexibility index (Phi) is 3.74. The van der Waals surface area contributed by atoms with Gasteiger partial charge >= 0.3 is 0 Å². The zero-order valence-electron chi connectivity index (χ0n) is 8.62. The summed E-state index contributed by atoms with van der Waals surface area (Å²) in [7, 11) is 0. The normalized spacial score (nSPS) is 12.9. The lowest BCUT2D eigenvalue weighted by molar-refractivity contribution is 0.539. The summed E-state index contributed by atoms with van der Waals surface area (Å²) in [6.45, 7) is 6.68. The van der Waals surface area contributed by atoms with E-state index in [1.807, 2.05) is 18.3 Å². The topological polar surface area (TPSA) is 24.9 Å². The van der Waals surface area contributed by atoms with Crippen molar-refractivity contribution in [1.29, 1.82) is 0 Å². The van der Waals surface area contributed by atoms with Gasteiger partial charge in [-0.25, -0.2) is 0 Å². The fourth-order valence-electron chi connectivity index (χ4n) is 1.50. The van der Waals surface area contributed by atoms with Gasteiger partial charge in [-0.1, -0.05) is 13.8 Å². The van der Waals surface area contributed by atoms with E-state index in [2.05, 4.69) is 31.1 Å². The van der Waals surface area contributed by atoms with Crippen LogP contribution in [0.15, 0.2) is 24.5 Å². The number of anilines is 1. The number of pyridine rings is 1. The van der Waals surface area contributed by atoms with E-state index in [0.717, 1.165) is 11.6 Å². The third kappa shape index (κ3) is 3.92. The molecule has 0 bridgehead atoms. The maximum Gasteiger partial charge on any atom is 0.0528 e. The van der Waals surface area contributed by atoms with Gasteiger partial charge in [-0.3, -0.25) is 4.98 Å². The van der Waals surface area contributed by atoms with Crippen LogP contribution in [0.2, 0.25) is 0 Å². The van der Waals surface area contributed by atoms with Crippen molar-refractivity contribution in [2.45, 2.75) is 33.2 Å². The van der Waals surface area contributed by atoms with Crippen molar-refractivity contribution in [1.82, 2.24) is 4.98 Å². The predicted octanol–water partition coefficient (Wildman–Crippen LogP) is 2.93. The number of rotatable bonds is 4.